The van der Waals surface area contributed by atoms with Crippen LogP contribution in [0.5, 0.6) is 11.5 Å². The maximum absolute atomic E-state index is 12.6. The summed E-state index contributed by atoms with van der Waals surface area (Å²) < 4.78 is 0.685. The number of phenols is 2. The van der Waals surface area contributed by atoms with E-state index in [0.717, 1.165) is 6.07 Å². The van der Waals surface area contributed by atoms with Crippen LogP contribution in [0.15, 0.2) is 46.9 Å². The number of carbonyl (C=O) groups excluding carboxylic acids is 2. The number of halogens is 1. The van der Waals surface area contributed by atoms with E-state index in [-0.39, 0.29) is 22.4 Å². The van der Waals surface area contributed by atoms with E-state index in [0.29, 0.717) is 10.0 Å². The molecule has 5 heteroatoms. The Morgan fingerprint density at radius 2 is 1.67 bits per heavy atom. The summed E-state index contributed by atoms with van der Waals surface area (Å²) in [5.74, 6) is -1.54. The third kappa shape index (κ3) is 2.15. The van der Waals surface area contributed by atoms with Crippen LogP contribution in [0.2, 0.25) is 0 Å². The Balaban J connectivity index is 2.23. The Kier molecular flexibility index (Phi) is 3.14. The summed E-state index contributed by atoms with van der Waals surface area (Å²) >= 11 is 3.35. The van der Waals surface area contributed by atoms with Crippen molar-refractivity contribution in [3.63, 3.8) is 0 Å². The first-order chi connectivity index (χ1) is 9.99. The van der Waals surface area contributed by atoms with E-state index in [4.69, 9.17) is 0 Å². The number of rotatable bonds is 1. The maximum Gasteiger partial charge on any atom is 0.194 e. The van der Waals surface area contributed by atoms with Gasteiger partial charge in [0, 0.05) is 21.7 Å². The molecular formula is C16H9BrO4. The van der Waals surface area contributed by atoms with Crippen LogP contribution in [0.3, 0.4) is 0 Å². The standard InChI is InChI=1S/C16H9BrO4/c17-12-4-2-1-3-9(12)10-7-14(20)15-11(16(10)21)5-8(18)6-13(15)19/h1-7,18-19H. The fourth-order valence-corrected chi connectivity index (χ4v) is 2.84. The lowest BCUT2D eigenvalue weighted by Gasteiger charge is -2.17. The van der Waals surface area contributed by atoms with E-state index in [1.165, 1.54) is 12.1 Å². The quantitative estimate of drug-likeness (QED) is 0.832. The molecule has 0 heterocycles. The van der Waals surface area contributed by atoms with Gasteiger partial charge < -0.3 is 10.2 Å². The summed E-state index contributed by atoms with van der Waals surface area (Å²) in [6, 6.07) is 9.28. The smallest absolute Gasteiger partial charge is 0.194 e. The van der Waals surface area contributed by atoms with Crippen molar-refractivity contribution in [3.8, 4) is 11.5 Å². The molecule has 0 radical (unpaired) electrons. The van der Waals surface area contributed by atoms with Gasteiger partial charge in [0.25, 0.3) is 0 Å². The molecule has 1 aliphatic carbocycles. The van der Waals surface area contributed by atoms with Gasteiger partial charge in [0.15, 0.2) is 11.6 Å². The van der Waals surface area contributed by atoms with Crippen LogP contribution >= 0.6 is 15.9 Å². The van der Waals surface area contributed by atoms with Gasteiger partial charge in [-0.05, 0) is 23.8 Å². The number of benzene rings is 2. The minimum atomic E-state index is -0.465. The summed E-state index contributed by atoms with van der Waals surface area (Å²) in [5.41, 5.74) is 0.744. The average molecular weight is 345 g/mol. The number of aromatic hydroxyl groups is 2. The van der Waals surface area contributed by atoms with E-state index >= 15 is 0 Å². The van der Waals surface area contributed by atoms with E-state index < -0.39 is 17.3 Å². The molecule has 0 aromatic heterocycles. The highest BCUT2D eigenvalue weighted by atomic mass is 79.9. The monoisotopic (exact) mass is 344 g/mol. The van der Waals surface area contributed by atoms with Gasteiger partial charge in [-0.2, -0.15) is 0 Å². The number of Topliss-reactive ketones (excluding diaryl/α,β-unsaturated/α-hetero) is 1. The van der Waals surface area contributed by atoms with E-state index in [9.17, 15) is 19.8 Å². The normalized spacial score (nSPS) is 13.9. The first kappa shape index (κ1) is 13.6. The second-order valence-electron chi connectivity index (χ2n) is 4.62. The fraction of sp³-hybridized carbons (Fsp3) is 0. The molecule has 0 amide bonds. The van der Waals surface area contributed by atoms with Gasteiger partial charge in [0.1, 0.15) is 11.5 Å². The lowest BCUT2D eigenvalue weighted by Crippen LogP contribution is -2.16. The number of carbonyl (C=O) groups is 2. The molecule has 0 aliphatic heterocycles. The topological polar surface area (TPSA) is 74.6 Å². The summed E-state index contributed by atoms with van der Waals surface area (Å²) in [7, 11) is 0. The molecule has 0 saturated heterocycles. The third-order valence-electron chi connectivity index (χ3n) is 3.28. The lowest BCUT2D eigenvalue weighted by molar-refractivity contribution is 0.0998. The highest BCUT2D eigenvalue weighted by Gasteiger charge is 2.30. The number of ketones is 2. The van der Waals surface area contributed by atoms with Crippen molar-refractivity contribution in [3.05, 3.63) is 63.6 Å². The van der Waals surface area contributed by atoms with Gasteiger partial charge in [-0.25, -0.2) is 0 Å². The molecule has 0 saturated carbocycles. The molecule has 4 nitrogen and oxygen atoms in total. The van der Waals surface area contributed by atoms with Gasteiger partial charge >= 0.3 is 0 Å². The Hall–Kier alpha value is -2.40. The highest BCUT2D eigenvalue weighted by molar-refractivity contribution is 9.10. The fourth-order valence-electron chi connectivity index (χ4n) is 2.34. The van der Waals surface area contributed by atoms with Crippen molar-refractivity contribution < 1.29 is 19.8 Å². The molecule has 21 heavy (non-hydrogen) atoms. The molecule has 3 rings (SSSR count). The molecule has 0 unspecified atom stereocenters. The van der Waals surface area contributed by atoms with Crippen molar-refractivity contribution in [1.82, 2.24) is 0 Å². The molecule has 2 N–H and O–H groups in total. The van der Waals surface area contributed by atoms with Gasteiger partial charge in [0.05, 0.1) is 5.56 Å². The molecule has 0 bridgehead atoms. The maximum atomic E-state index is 12.6. The first-order valence-electron chi connectivity index (χ1n) is 6.10. The number of hydrogen-bond donors (Lipinski definition) is 2. The molecule has 2 aromatic rings. The minimum absolute atomic E-state index is 0.00533. The van der Waals surface area contributed by atoms with Crippen molar-refractivity contribution in [2.45, 2.75) is 0 Å². The van der Waals surface area contributed by atoms with Gasteiger partial charge in [-0.15, -0.1) is 0 Å². The Bertz CT molecular complexity index is 821. The first-order valence-corrected chi connectivity index (χ1v) is 6.90. The summed E-state index contributed by atoms with van der Waals surface area (Å²) in [6.45, 7) is 0. The zero-order chi connectivity index (χ0) is 15.1. The summed E-state index contributed by atoms with van der Waals surface area (Å²) in [5, 5.41) is 19.3. The largest absolute Gasteiger partial charge is 0.508 e. The number of hydrogen-bond acceptors (Lipinski definition) is 4. The molecule has 0 atom stereocenters. The Morgan fingerprint density at radius 1 is 0.952 bits per heavy atom. The Labute approximate surface area is 128 Å². The van der Waals surface area contributed by atoms with E-state index in [2.05, 4.69) is 15.9 Å². The zero-order valence-electron chi connectivity index (χ0n) is 10.6. The van der Waals surface area contributed by atoms with Gasteiger partial charge in [0.2, 0.25) is 0 Å². The van der Waals surface area contributed by atoms with Gasteiger partial charge in [-0.1, -0.05) is 34.1 Å². The van der Waals surface area contributed by atoms with Crippen LogP contribution in [0.4, 0.5) is 0 Å². The highest BCUT2D eigenvalue weighted by Crippen LogP contribution is 2.36. The summed E-state index contributed by atoms with van der Waals surface area (Å²) in [6.07, 6.45) is 1.21. The van der Waals surface area contributed by atoms with Crippen molar-refractivity contribution >= 4 is 33.1 Å². The molecule has 0 fully saturated rings. The van der Waals surface area contributed by atoms with Gasteiger partial charge in [-0.3, -0.25) is 9.59 Å². The minimum Gasteiger partial charge on any atom is -0.508 e. The lowest BCUT2D eigenvalue weighted by atomic mass is 9.85. The molecular weight excluding hydrogens is 336 g/mol. The van der Waals surface area contributed by atoms with Crippen LogP contribution in [0, 0.1) is 0 Å². The second kappa shape index (κ2) is 4.86. The van der Waals surface area contributed by atoms with Crippen molar-refractivity contribution in [1.29, 1.82) is 0 Å². The van der Waals surface area contributed by atoms with Crippen LogP contribution in [-0.4, -0.2) is 21.8 Å². The van der Waals surface area contributed by atoms with Crippen molar-refractivity contribution in [2.75, 3.05) is 0 Å². The van der Waals surface area contributed by atoms with E-state index in [1.54, 1.807) is 24.3 Å². The number of allylic oxidation sites excluding steroid dienone is 2. The number of phenolic OH excluding ortho intramolecular Hbond substituents is 2. The molecule has 0 spiro atoms. The van der Waals surface area contributed by atoms with Crippen LogP contribution in [0.25, 0.3) is 5.57 Å². The van der Waals surface area contributed by atoms with Crippen LogP contribution in [-0.2, 0) is 0 Å². The van der Waals surface area contributed by atoms with Crippen molar-refractivity contribution in [2.24, 2.45) is 0 Å². The van der Waals surface area contributed by atoms with Crippen LogP contribution in [0.1, 0.15) is 26.3 Å². The Morgan fingerprint density at radius 3 is 2.38 bits per heavy atom. The SMILES string of the molecule is O=C1C(c2ccccc2Br)=CC(=O)c2c(O)cc(O)cc21. The number of fused-ring (bicyclic) bond motifs is 1. The molecule has 2 aromatic carbocycles. The second-order valence-corrected chi connectivity index (χ2v) is 5.47. The molecule has 104 valence electrons. The predicted octanol–water partition coefficient (Wildman–Crippen LogP) is 3.32. The zero-order valence-corrected chi connectivity index (χ0v) is 12.2. The summed E-state index contributed by atoms with van der Waals surface area (Å²) in [4.78, 5) is 24.7. The third-order valence-corrected chi connectivity index (χ3v) is 3.97. The average Bonchev–Trinajstić information content (AvgIpc) is 2.43. The molecule has 1 aliphatic rings. The van der Waals surface area contributed by atoms with E-state index in [1.807, 2.05) is 0 Å². The predicted molar refractivity (Wildman–Crippen MR) is 80.6 cm³/mol. The van der Waals surface area contributed by atoms with Crippen LogP contribution < -0.4 is 0 Å².